The van der Waals surface area contributed by atoms with Crippen LogP contribution < -0.4 is 9.44 Å². The van der Waals surface area contributed by atoms with E-state index >= 15 is 0 Å². The highest BCUT2D eigenvalue weighted by Crippen LogP contribution is 2.11. The van der Waals surface area contributed by atoms with Gasteiger partial charge in [-0.25, -0.2) is 9.52 Å². The molecule has 1 aromatic carbocycles. The predicted octanol–water partition coefficient (Wildman–Crippen LogP) is 0.716. The molecule has 0 atom stereocenters. The summed E-state index contributed by atoms with van der Waals surface area (Å²) >= 11 is 0. The Bertz CT molecular complexity index is 581. The number of carboxylic acids is 1. The molecule has 0 unspecified atom stereocenters. The van der Waals surface area contributed by atoms with Gasteiger partial charge in [0.05, 0.1) is 18.7 Å². The summed E-state index contributed by atoms with van der Waals surface area (Å²) in [4.78, 5) is 21.5. The van der Waals surface area contributed by atoms with Crippen LogP contribution in [0, 0.1) is 0 Å². The van der Waals surface area contributed by atoms with Crippen LogP contribution in [0.25, 0.3) is 0 Å². The molecule has 8 nitrogen and oxygen atoms in total. The molecular formula is C11H14N2O6S. The van der Waals surface area contributed by atoms with Crippen molar-refractivity contribution in [2.24, 2.45) is 0 Å². The largest absolute Gasteiger partial charge is 0.481 e. The number of hydrogen-bond donors (Lipinski definition) is 3. The first-order valence-electron chi connectivity index (χ1n) is 5.60. The van der Waals surface area contributed by atoms with Gasteiger partial charge in [0.25, 0.3) is 0 Å². The summed E-state index contributed by atoms with van der Waals surface area (Å²) in [7, 11) is -4.08. The number of carbonyl (C=O) groups is 2. The monoisotopic (exact) mass is 302 g/mol. The van der Waals surface area contributed by atoms with E-state index in [0.717, 1.165) is 0 Å². The Morgan fingerprint density at radius 2 is 1.85 bits per heavy atom. The molecule has 0 saturated carbocycles. The highest BCUT2D eigenvalue weighted by Gasteiger charge is 2.14. The second kappa shape index (κ2) is 6.75. The smallest absolute Gasteiger partial charge is 0.422 e. The third-order valence-corrected chi connectivity index (χ3v) is 2.99. The van der Waals surface area contributed by atoms with E-state index in [-0.39, 0.29) is 18.7 Å². The molecule has 0 radical (unpaired) electrons. The molecule has 0 aliphatic heterocycles. The van der Waals surface area contributed by atoms with Crippen molar-refractivity contribution in [1.82, 2.24) is 4.72 Å². The first-order chi connectivity index (χ1) is 9.32. The lowest BCUT2D eigenvalue weighted by Crippen LogP contribution is -2.35. The molecule has 0 aromatic heterocycles. The fourth-order valence-corrected chi connectivity index (χ4v) is 2.09. The van der Waals surface area contributed by atoms with Gasteiger partial charge in [-0.1, -0.05) is 12.1 Å². The minimum absolute atomic E-state index is 0.0469. The third-order valence-electron chi connectivity index (χ3n) is 2.05. The number of amides is 1. The van der Waals surface area contributed by atoms with Crippen molar-refractivity contribution in [1.29, 1.82) is 0 Å². The Kier molecular flexibility index (Phi) is 5.32. The highest BCUT2D eigenvalue weighted by atomic mass is 32.2. The topological polar surface area (TPSA) is 122 Å². The standard InChI is InChI=1S/C11H14N2O6S/c1-2-19-11(16)13-20(17,18)12-9-5-3-8(4-6-9)7-10(14)15/h3-6,12H,2,7H2,1H3,(H,13,16)(H,14,15). The van der Waals surface area contributed by atoms with Crippen molar-refractivity contribution in [3.63, 3.8) is 0 Å². The van der Waals surface area contributed by atoms with E-state index in [4.69, 9.17) is 5.11 Å². The average molecular weight is 302 g/mol. The second-order valence-electron chi connectivity index (χ2n) is 3.70. The number of carbonyl (C=O) groups excluding carboxylic acids is 1. The minimum atomic E-state index is -4.08. The number of benzene rings is 1. The number of nitrogens with one attached hydrogen (secondary N) is 2. The van der Waals surface area contributed by atoms with Crippen LogP contribution in [-0.2, 0) is 26.2 Å². The van der Waals surface area contributed by atoms with Crippen LogP contribution in [0.2, 0.25) is 0 Å². The van der Waals surface area contributed by atoms with Crippen LogP contribution in [-0.4, -0.2) is 32.2 Å². The Balaban J connectivity index is 2.68. The number of carboxylic acid groups (broad SMARTS) is 1. The summed E-state index contributed by atoms with van der Waals surface area (Å²) in [6.45, 7) is 1.59. The Hall–Kier alpha value is -2.29. The zero-order valence-electron chi connectivity index (χ0n) is 10.6. The molecule has 0 saturated heterocycles. The van der Waals surface area contributed by atoms with E-state index in [1.54, 1.807) is 11.6 Å². The number of hydrogen-bond acceptors (Lipinski definition) is 5. The molecule has 0 spiro atoms. The van der Waals surface area contributed by atoms with E-state index in [1.807, 2.05) is 0 Å². The van der Waals surface area contributed by atoms with Crippen LogP contribution in [0.1, 0.15) is 12.5 Å². The molecule has 20 heavy (non-hydrogen) atoms. The lowest BCUT2D eigenvalue weighted by Gasteiger charge is -2.09. The molecule has 1 aromatic rings. The summed E-state index contributed by atoms with van der Waals surface area (Å²) in [6.07, 6.45) is -1.24. The predicted molar refractivity (Wildman–Crippen MR) is 70.5 cm³/mol. The summed E-state index contributed by atoms with van der Waals surface area (Å²) in [5, 5.41) is 8.60. The van der Waals surface area contributed by atoms with Crippen molar-refractivity contribution in [2.45, 2.75) is 13.3 Å². The molecule has 1 amide bonds. The zero-order chi connectivity index (χ0) is 15.2. The van der Waals surface area contributed by atoms with Crippen LogP contribution in [0.5, 0.6) is 0 Å². The summed E-state index contributed by atoms with van der Waals surface area (Å²) < 4.78 is 31.3. The SMILES string of the molecule is CCOC(=O)NS(=O)(=O)Nc1ccc(CC(=O)O)cc1. The molecular weight excluding hydrogens is 288 g/mol. The maximum absolute atomic E-state index is 11.5. The third kappa shape index (κ3) is 5.57. The van der Waals surface area contributed by atoms with Gasteiger partial charge in [-0.15, -0.1) is 0 Å². The van der Waals surface area contributed by atoms with E-state index in [9.17, 15) is 18.0 Å². The van der Waals surface area contributed by atoms with Crippen LogP contribution in [0.4, 0.5) is 10.5 Å². The summed E-state index contributed by atoms with van der Waals surface area (Å²) in [6, 6.07) is 5.72. The number of rotatable bonds is 6. The fourth-order valence-electron chi connectivity index (χ4n) is 1.32. The van der Waals surface area contributed by atoms with Gasteiger partial charge in [-0.05, 0) is 24.6 Å². The maximum Gasteiger partial charge on any atom is 0.422 e. The Morgan fingerprint density at radius 1 is 1.25 bits per heavy atom. The molecule has 0 heterocycles. The molecule has 110 valence electrons. The molecule has 1 rings (SSSR count). The Morgan fingerprint density at radius 3 is 2.35 bits per heavy atom. The molecule has 9 heteroatoms. The van der Waals surface area contributed by atoms with Gasteiger partial charge in [-0.3, -0.25) is 9.52 Å². The van der Waals surface area contributed by atoms with E-state index in [2.05, 4.69) is 9.46 Å². The summed E-state index contributed by atoms with van der Waals surface area (Å²) in [5.74, 6) is -0.984. The van der Waals surface area contributed by atoms with Crippen LogP contribution in [0.15, 0.2) is 24.3 Å². The van der Waals surface area contributed by atoms with Gasteiger partial charge in [-0.2, -0.15) is 8.42 Å². The normalized spacial score (nSPS) is 10.7. The zero-order valence-corrected chi connectivity index (χ0v) is 11.4. The minimum Gasteiger partial charge on any atom is -0.481 e. The van der Waals surface area contributed by atoms with Crippen molar-refractivity contribution in [2.75, 3.05) is 11.3 Å². The van der Waals surface area contributed by atoms with Crippen molar-refractivity contribution in [3.8, 4) is 0 Å². The van der Waals surface area contributed by atoms with Crippen LogP contribution >= 0.6 is 0 Å². The first kappa shape index (κ1) is 15.8. The van der Waals surface area contributed by atoms with Gasteiger partial charge in [0, 0.05) is 0 Å². The van der Waals surface area contributed by atoms with Crippen molar-refractivity contribution >= 4 is 28.0 Å². The van der Waals surface area contributed by atoms with E-state index in [1.165, 1.54) is 24.3 Å². The highest BCUT2D eigenvalue weighted by molar-refractivity contribution is 7.91. The molecule has 0 aliphatic carbocycles. The van der Waals surface area contributed by atoms with Gasteiger partial charge in [0.2, 0.25) is 0 Å². The van der Waals surface area contributed by atoms with Crippen molar-refractivity contribution < 1.29 is 27.9 Å². The molecule has 3 N–H and O–H groups in total. The van der Waals surface area contributed by atoms with E-state index < -0.39 is 22.3 Å². The van der Waals surface area contributed by atoms with E-state index in [0.29, 0.717) is 5.56 Å². The van der Waals surface area contributed by atoms with Gasteiger partial charge in [0.15, 0.2) is 0 Å². The van der Waals surface area contributed by atoms with Gasteiger partial charge in [0.1, 0.15) is 0 Å². The molecule has 0 aliphatic rings. The Labute approximate surface area is 115 Å². The molecule has 0 bridgehead atoms. The number of aliphatic carboxylic acids is 1. The lowest BCUT2D eigenvalue weighted by molar-refractivity contribution is -0.136. The molecule has 0 fully saturated rings. The van der Waals surface area contributed by atoms with Crippen molar-refractivity contribution in [3.05, 3.63) is 29.8 Å². The van der Waals surface area contributed by atoms with Crippen LogP contribution in [0.3, 0.4) is 0 Å². The average Bonchev–Trinajstić information content (AvgIpc) is 2.30. The lowest BCUT2D eigenvalue weighted by atomic mass is 10.1. The maximum atomic E-state index is 11.5. The first-order valence-corrected chi connectivity index (χ1v) is 7.08. The van der Waals surface area contributed by atoms with Gasteiger partial charge >= 0.3 is 22.3 Å². The number of anilines is 1. The second-order valence-corrected chi connectivity index (χ2v) is 5.11. The number of ether oxygens (including phenoxy) is 1. The fraction of sp³-hybridized carbons (Fsp3) is 0.273. The van der Waals surface area contributed by atoms with Gasteiger partial charge < -0.3 is 9.84 Å². The quantitative estimate of drug-likeness (QED) is 0.711. The summed E-state index contributed by atoms with van der Waals surface area (Å²) in [5.41, 5.74) is 0.717.